The monoisotopic (exact) mass is 313 g/mol. The summed E-state index contributed by atoms with van der Waals surface area (Å²) < 4.78 is 5.29. The molecule has 122 valence electrons. The zero-order chi connectivity index (χ0) is 16.2. The number of aromatic nitrogens is 2. The Labute approximate surface area is 136 Å². The van der Waals surface area contributed by atoms with Crippen molar-refractivity contribution in [1.82, 2.24) is 14.9 Å². The number of ether oxygens (including phenoxy) is 1. The van der Waals surface area contributed by atoms with Crippen molar-refractivity contribution >= 4 is 0 Å². The average Bonchev–Trinajstić information content (AvgIpc) is 2.54. The van der Waals surface area contributed by atoms with Gasteiger partial charge in [-0.15, -0.1) is 0 Å². The third-order valence-corrected chi connectivity index (χ3v) is 4.32. The number of nitrogens with one attached hydrogen (secondary N) is 1. The Morgan fingerprint density at radius 2 is 2.26 bits per heavy atom. The van der Waals surface area contributed by atoms with E-state index in [0.717, 1.165) is 49.7 Å². The van der Waals surface area contributed by atoms with Crippen molar-refractivity contribution in [3.63, 3.8) is 0 Å². The number of benzene rings is 1. The molecule has 5 heteroatoms. The first-order valence-corrected chi connectivity index (χ1v) is 8.07. The topological polar surface area (TPSA) is 58.2 Å². The van der Waals surface area contributed by atoms with Crippen molar-refractivity contribution < 1.29 is 4.74 Å². The number of H-pyrrole nitrogens is 1. The Morgan fingerprint density at radius 3 is 3.04 bits per heavy atom. The summed E-state index contributed by atoms with van der Waals surface area (Å²) in [5.74, 6) is 2.01. The van der Waals surface area contributed by atoms with Gasteiger partial charge in [0, 0.05) is 30.8 Å². The highest BCUT2D eigenvalue weighted by Crippen LogP contribution is 2.25. The van der Waals surface area contributed by atoms with E-state index in [0.29, 0.717) is 5.92 Å². The fourth-order valence-electron chi connectivity index (χ4n) is 3.25. The maximum atomic E-state index is 11.7. The largest absolute Gasteiger partial charge is 0.497 e. The lowest BCUT2D eigenvalue weighted by atomic mass is 9.96. The van der Waals surface area contributed by atoms with Gasteiger partial charge in [0.15, 0.2) is 0 Å². The Kier molecular flexibility index (Phi) is 4.76. The van der Waals surface area contributed by atoms with Gasteiger partial charge in [-0.3, -0.25) is 9.69 Å². The number of hydrogen-bond donors (Lipinski definition) is 1. The van der Waals surface area contributed by atoms with Crippen molar-refractivity contribution in [2.75, 3.05) is 20.2 Å². The van der Waals surface area contributed by atoms with E-state index in [1.807, 2.05) is 19.1 Å². The molecule has 0 saturated carbocycles. The van der Waals surface area contributed by atoms with Gasteiger partial charge in [0.2, 0.25) is 0 Å². The van der Waals surface area contributed by atoms with Crippen LogP contribution < -0.4 is 10.3 Å². The highest BCUT2D eigenvalue weighted by molar-refractivity contribution is 5.28. The molecule has 1 aliphatic heterocycles. The van der Waals surface area contributed by atoms with Crippen LogP contribution in [0.2, 0.25) is 0 Å². The molecule has 2 aromatic rings. The number of nitrogens with zero attached hydrogens (tertiary/aromatic N) is 2. The Morgan fingerprint density at radius 1 is 1.39 bits per heavy atom. The second kappa shape index (κ2) is 6.96. The molecule has 23 heavy (non-hydrogen) atoms. The van der Waals surface area contributed by atoms with Crippen molar-refractivity contribution in [3.8, 4) is 5.75 Å². The summed E-state index contributed by atoms with van der Waals surface area (Å²) in [6, 6.07) is 9.73. The zero-order valence-electron chi connectivity index (χ0n) is 13.7. The molecule has 1 saturated heterocycles. The van der Waals surface area contributed by atoms with E-state index in [4.69, 9.17) is 4.74 Å². The number of aryl methyl sites for hydroxylation is 1. The van der Waals surface area contributed by atoms with Crippen molar-refractivity contribution in [1.29, 1.82) is 0 Å². The molecule has 5 nitrogen and oxygen atoms in total. The molecule has 2 heterocycles. The van der Waals surface area contributed by atoms with E-state index in [1.165, 1.54) is 5.56 Å². The summed E-state index contributed by atoms with van der Waals surface area (Å²) in [7, 11) is 1.69. The Balaban J connectivity index is 1.71. The van der Waals surface area contributed by atoms with Crippen LogP contribution in [0, 0.1) is 6.92 Å². The Bertz CT molecular complexity index is 726. The third-order valence-electron chi connectivity index (χ3n) is 4.32. The minimum atomic E-state index is -0.0579. The molecule has 0 bridgehead atoms. The van der Waals surface area contributed by atoms with Crippen LogP contribution in [0.5, 0.6) is 5.75 Å². The molecule has 1 atom stereocenters. The molecule has 0 amide bonds. The van der Waals surface area contributed by atoms with Gasteiger partial charge in [-0.2, -0.15) is 0 Å². The first-order chi connectivity index (χ1) is 11.1. The van der Waals surface area contributed by atoms with Gasteiger partial charge in [0.25, 0.3) is 5.56 Å². The predicted octanol–water partition coefficient (Wildman–Crippen LogP) is 2.47. The average molecular weight is 313 g/mol. The third kappa shape index (κ3) is 3.99. The first-order valence-electron chi connectivity index (χ1n) is 8.07. The molecule has 1 N–H and O–H groups in total. The molecule has 1 aromatic heterocycles. The molecule has 1 fully saturated rings. The first kappa shape index (κ1) is 15.7. The number of piperidine rings is 1. The van der Waals surface area contributed by atoms with E-state index >= 15 is 0 Å². The van der Waals surface area contributed by atoms with E-state index in [9.17, 15) is 4.79 Å². The second-order valence-electron chi connectivity index (χ2n) is 6.20. The Hall–Kier alpha value is -2.14. The quantitative estimate of drug-likeness (QED) is 0.942. The normalized spacial score (nSPS) is 18.8. The molecule has 1 aromatic carbocycles. The van der Waals surface area contributed by atoms with Crippen LogP contribution in [-0.4, -0.2) is 35.1 Å². The molecule has 1 unspecified atom stereocenters. The van der Waals surface area contributed by atoms with Crippen LogP contribution in [0.3, 0.4) is 0 Å². The van der Waals surface area contributed by atoms with Crippen LogP contribution in [0.1, 0.15) is 35.8 Å². The summed E-state index contributed by atoms with van der Waals surface area (Å²) in [6.45, 7) is 4.76. The van der Waals surface area contributed by atoms with Crippen LogP contribution in [-0.2, 0) is 6.54 Å². The molecule has 0 radical (unpaired) electrons. The van der Waals surface area contributed by atoms with Gasteiger partial charge in [-0.05, 0) is 44.0 Å². The van der Waals surface area contributed by atoms with Crippen LogP contribution in [0.25, 0.3) is 0 Å². The van der Waals surface area contributed by atoms with Gasteiger partial charge in [-0.1, -0.05) is 12.1 Å². The highest BCUT2D eigenvalue weighted by atomic mass is 16.5. The minimum Gasteiger partial charge on any atom is -0.497 e. The van der Waals surface area contributed by atoms with Gasteiger partial charge < -0.3 is 9.72 Å². The van der Waals surface area contributed by atoms with E-state index < -0.39 is 0 Å². The lowest BCUT2D eigenvalue weighted by Crippen LogP contribution is -2.35. The summed E-state index contributed by atoms with van der Waals surface area (Å²) in [4.78, 5) is 21.5. The van der Waals surface area contributed by atoms with Crippen molar-refractivity contribution in [3.05, 3.63) is 57.8 Å². The number of likely N-dealkylation sites (tertiary alicyclic amines) is 1. The summed E-state index contributed by atoms with van der Waals surface area (Å²) in [5.41, 5.74) is 1.97. The van der Waals surface area contributed by atoms with Crippen LogP contribution >= 0.6 is 0 Å². The SMILES string of the molecule is COc1cccc(CN2CCCC(c3nc(C)cc(=O)[nH]3)C2)c1. The van der Waals surface area contributed by atoms with Crippen LogP contribution in [0.4, 0.5) is 0 Å². The molecule has 1 aliphatic rings. The zero-order valence-corrected chi connectivity index (χ0v) is 13.7. The van der Waals surface area contributed by atoms with E-state index in [1.54, 1.807) is 13.2 Å². The van der Waals surface area contributed by atoms with Crippen molar-refractivity contribution in [2.45, 2.75) is 32.2 Å². The highest BCUT2D eigenvalue weighted by Gasteiger charge is 2.23. The molecular weight excluding hydrogens is 290 g/mol. The van der Waals surface area contributed by atoms with E-state index in [2.05, 4.69) is 27.0 Å². The molecular formula is C18H23N3O2. The maximum absolute atomic E-state index is 11.7. The lowest BCUT2D eigenvalue weighted by Gasteiger charge is -2.32. The van der Waals surface area contributed by atoms with Gasteiger partial charge in [0.1, 0.15) is 11.6 Å². The number of hydrogen-bond acceptors (Lipinski definition) is 4. The van der Waals surface area contributed by atoms with Gasteiger partial charge in [0.05, 0.1) is 7.11 Å². The van der Waals surface area contributed by atoms with E-state index in [-0.39, 0.29) is 5.56 Å². The van der Waals surface area contributed by atoms with Crippen molar-refractivity contribution in [2.24, 2.45) is 0 Å². The van der Waals surface area contributed by atoms with Crippen LogP contribution in [0.15, 0.2) is 35.1 Å². The number of rotatable bonds is 4. The molecule has 3 rings (SSSR count). The lowest BCUT2D eigenvalue weighted by molar-refractivity contribution is 0.196. The van der Waals surface area contributed by atoms with Gasteiger partial charge in [-0.25, -0.2) is 4.98 Å². The fourth-order valence-corrected chi connectivity index (χ4v) is 3.25. The fraction of sp³-hybridized carbons (Fsp3) is 0.444. The summed E-state index contributed by atoms with van der Waals surface area (Å²) in [6.07, 6.45) is 2.19. The molecule has 0 aliphatic carbocycles. The molecule has 0 spiro atoms. The second-order valence-corrected chi connectivity index (χ2v) is 6.20. The minimum absolute atomic E-state index is 0.0579. The standard InChI is InChI=1S/C18H23N3O2/c1-13-9-17(22)20-18(19-13)15-6-4-8-21(12-15)11-14-5-3-7-16(10-14)23-2/h3,5,7,9-10,15H,4,6,8,11-12H2,1-2H3,(H,19,20,22). The maximum Gasteiger partial charge on any atom is 0.251 e. The van der Waals surface area contributed by atoms with Gasteiger partial charge >= 0.3 is 0 Å². The smallest absolute Gasteiger partial charge is 0.251 e. The number of aromatic amines is 1. The summed E-state index contributed by atoms with van der Waals surface area (Å²) in [5, 5.41) is 0. The predicted molar refractivity (Wildman–Crippen MR) is 89.8 cm³/mol. The summed E-state index contributed by atoms with van der Waals surface area (Å²) >= 11 is 0. The number of methoxy groups -OCH3 is 1.